The van der Waals surface area contributed by atoms with E-state index in [4.69, 9.17) is 38.6 Å². The Bertz CT molecular complexity index is 3070. The van der Waals surface area contributed by atoms with Gasteiger partial charge in [-0.15, -0.1) is 0 Å². The first-order valence-corrected chi connectivity index (χ1v) is 28.7. The molecule has 6 aromatic heterocycles. The molecule has 10 atom stereocenters. The van der Waals surface area contributed by atoms with Crippen LogP contribution >= 0.6 is 0 Å². The zero-order valence-electron chi connectivity index (χ0n) is 50.5. The Balaban J connectivity index is 0.000000233. The SMILES string of the molecule is CC(=O)OCC1O[C@@H](OC(C)=O)[C@H](NC(=O)CN(Cc2ccccn2)Cc2ccccn2)C(OC(C)=O)[C@H]1OC(C)=O.O=C(CN(Cc1ccccn1)Cc1ccccn1)N[C@@H]1C(O)[C@@H](O)C(CO)O[C@@H]1O.O=C(O)CN(Cc1ccccn1)Cc1ccccn1. The summed E-state index contributed by atoms with van der Waals surface area (Å²) in [5.74, 6) is -4.81. The standard InChI is InChI=1S/C28H34N4O10.C20H26N4O6.C14H15N3O2/c1-17(33)38-16-23-26(39-18(2)34)27(40-19(3)35)25(28(42-23)41-20(4)36)31-24(37)15-32(13-21-9-5-7-11-29-21)14-22-10-6-8-12-30-22;25-12-15-18(27)19(28)17(20(29)30-15)23-16(26)11-24(9-13-5-1-3-7-21-13)10-14-6-2-4-8-22-14;18-14(19)11-17(9-12-5-1-3-7-15-12)10-13-6-2-4-8-16-13/h5-12,23,25-28H,13-16H2,1-4H3,(H,31,37);1-8,15,17-20,25,27-29H,9-12H2,(H,23,26);1-8H,9-11H2,(H,18,19)/t23?,25-,26+,27?,28-;15?,17-,18+,19?,20+;/m11./s1. The molecule has 0 aromatic carbocycles. The van der Waals surface area contributed by atoms with Crippen LogP contribution in [-0.4, -0.2) is 206 Å². The first-order valence-electron chi connectivity index (χ1n) is 28.7. The van der Waals surface area contributed by atoms with E-state index >= 15 is 0 Å². The largest absolute Gasteiger partial charge is 0.480 e. The van der Waals surface area contributed by atoms with Gasteiger partial charge in [0.15, 0.2) is 18.5 Å². The molecule has 2 amide bonds. The summed E-state index contributed by atoms with van der Waals surface area (Å²) in [6.07, 6.45) is -0.967. The molecule has 8 heterocycles. The average Bonchev–Trinajstić information content (AvgIpc) is 0.844. The zero-order chi connectivity index (χ0) is 65.7. The number of nitrogens with one attached hydrogen (secondary N) is 2. The van der Waals surface area contributed by atoms with Crippen LogP contribution in [0.3, 0.4) is 0 Å². The third kappa shape index (κ3) is 25.0. The summed E-state index contributed by atoms with van der Waals surface area (Å²) in [5.41, 5.74) is 4.65. The van der Waals surface area contributed by atoms with Crippen LogP contribution in [0.5, 0.6) is 0 Å². The van der Waals surface area contributed by atoms with Crippen molar-refractivity contribution in [3.63, 3.8) is 0 Å². The maximum absolute atomic E-state index is 13.5. The number of esters is 4. The number of pyridine rings is 6. The molecular weight excluding hydrogens is 1190 g/mol. The van der Waals surface area contributed by atoms with Crippen molar-refractivity contribution in [2.75, 3.05) is 32.8 Å². The molecule has 7 N–H and O–H groups in total. The van der Waals surface area contributed by atoms with Gasteiger partial charge in [-0.25, -0.2) is 0 Å². The van der Waals surface area contributed by atoms with Gasteiger partial charge in [0, 0.05) is 104 Å². The van der Waals surface area contributed by atoms with Crippen LogP contribution in [0.2, 0.25) is 0 Å². The number of carboxylic acid groups (broad SMARTS) is 1. The van der Waals surface area contributed by atoms with Crippen molar-refractivity contribution in [3.8, 4) is 0 Å². The lowest BCUT2D eigenvalue weighted by Gasteiger charge is -2.44. The highest BCUT2D eigenvalue weighted by molar-refractivity contribution is 5.79. The summed E-state index contributed by atoms with van der Waals surface area (Å²) in [7, 11) is 0. The van der Waals surface area contributed by atoms with Gasteiger partial charge in [-0.3, -0.25) is 78.2 Å². The van der Waals surface area contributed by atoms with Crippen LogP contribution in [0.4, 0.5) is 0 Å². The fourth-order valence-electron chi connectivity index (χ4n) is 9.46. The highest BCUT2D eigenvalue weighted by Crippen LogP contribution is 2.29. The summed E-state index contributed by atoms with van der Waals surface area (Å²) >= 11 is 0. The highest BCUT2D eigenvalue weighted by Gasteiger charge is 2.52. The van der Waals surface area contributed by atoms with E-state index in [-0.39, 0.29) is 19.6 Å². The molecule has 2 fully saturated rings. The van der Waals surface area contributed by atoms with Crippen LogP contribution in [0.25, 0.3) is 0 Å². The number of carboxylic acids is 1. The molecule has 29 nitrogen and oxygen atoms in total. The molecule has 29 heteroatoms. The minimum absolute atomic E-state index is 0.0346. The fourth-order valence-corrected chi connectivity index (χ4v) is 9.46. The quantitative estimate of drug-likeness (QED) is 0.0289. The van der Waals surface area contributed by atoms with E-state index in [0.717, 1.165) is 43.5 Å². The molecule has 0 spiro atoms. The summed E-state index contributed by atoms with van der Waals surface area (Å²) in [5, 5.41) is 53.6. The predicted molar refractivity (Wildman–Crippen MR) is 317 cm³/mol. The highest BCUT2D eigenvalue weighted by atomic mass is 16.7. The molecule has 0 radical (unpaired) electrons. The molecular formula is C62H75N11O18. The number of hydrogen-bond acceptors (Lipinski definition) is 26. The van der Waals surface area contributed by atoms with Crippen molar-refractivity contribution in [3.05, 3.63) is 181 Å². The van der Waals surface area contributed by atoms with E-state index < -0.39 is 116 Å². The lowest BCUT2D eigenvalue weighted by molar-refractivity contribution is -0.271. The van der Waals surface area contributed by atoms with E-state index in [2.05, 4.69) is 40.5 Å². The van der Waals surface area contributed by atoms with E-state index in [9.17, 15) is 48.9 Å². The van der Waals surface area contributed by atoms with Gasteiger partial charge in [-0.1, -0.05) is 36.4 Å². The number of ether oxygens (including phenoxy) is 6. The number of rotatable bonds is 26. The first-order chi connectivity index (χ1) is 43.7. The van der Waals surface area contributed by atoms with Crippen LogP contribution in [0.15, 0.2) is 146 Å². The second-order valence-electron chi connectivity index (χ2n) is 20.8. The Kier molecular flexibility index (Phi) is 28.9. The van der Waals surface area contributed by atoms with Gasteiger partial charge in [0.1, 0.15) is 43.1 Å². The van der Waals surface area contributed by atoms with Crippen LogP contribution < -0.4 is 10.6 Å². The van der Waals surface area contributed by atoms with Gasteiger partial charge in [0.05, 0.1) is 60.4 Å². The number of aliphatic hydroxyl groups excluding tert-OH is 4. The smallest absolute Gasteiger partial charge is 0.317 e. The Morgan fingerprint density at radius 1 is 0.451 bits per heavy atom. The fraction of sp³-hybridized carbons (Fsp3) is 0.403. The van der Waals surface area contributed by atoms with Crippen LogP contribution in [0, 0.1) is 0 Å². The van der Waals surface area contributed by atoms with Gasteiger partial charge in [0.2, 0.25) is 18.1 Å². The maximum Gasteiger partial charge on any atom is 0.317 e. The van der Waals surface area contributed by atoms with Gasteiger partial charge in [-0.2, -0.15) is 0 Å². The second kappa shape index (κ2) is 37.1. The number of hydrogen-bond donors (Lipinski definition) is 7. The van der Waals surface area contributed by atoms with Crippen molar-refractivity contribution >= 4 is 41.7 Å². The normalized spacial score (nSPS) is 20.9. The van der Waals surface area contributed by atoms with Gasteiger partial charge < -0.3 is 64.6 Å². The first kappa shape index (κ1) is 70.9. The average molecular weight is 1260 g/mol. The summed E-state index contributed by atoms with van der Waals surface area (Å²) in [4.78, 5) is 116. The lowest BCUT2D eigenvalue weighted by atomic mass is 9.96. The van der Waals surface area contributed by atoms with E-state index in [1.165, 1.54) is 6.92 Å². The Hall–Kier alpha value is -9.17. The Morgan fingerprint density at radius 3 is 1.12 bits per heavy atom. The summed E-state index contributed by atoms with van der Waals surface area (Å²) in [6, 6.07) is 30.5. The topological polar surface area (TPSA) is 387 Å². The third-order valence-electron chi connectivity index (χ3n) is 13.3. The van der Waals surface area contributed by atoms with Gasteiger partial charge >= 0.3 is 29.8 Å². The summed E-state index contributed by atoms with van der Waals surface area (Å²) in [6.45, 7) is 5.64. The van der Waals surface area contributed by atoms with Crippen molar-refractivity contribution < 1.29 is 87.5 Å². The number of aliphatic carboxylic acids is 1. The lowest BCUT2D eigenvalue weighted by Crippen LogP contribution is -2.67. The minimum Gasteiger partial charge on any atom is -0.480 e. The number of carbonyl (C=O) groups excluding carboxylic acids is 6. The van der Waals surface area contributed by atoms with E-state index in [1.54, 1.807) is 71.2 Å². The molecule has 0 saturated carbocycles. The molecule has 2 aliphatic rings. The maximum atomic E-state index is 13.5. The Morgan fingerprint density at radius 2 is 0.802 bits per heavy atom. The molecule has 0 aliphatic carbocycles. The number of aliphatic hydroxyl groups is 4. The Labute approximate surface area is 524 Å². The molecule has 8 rings (SSSR count). The van der Waals surface area contributed by atoms with Crippen LogP contribution in [0.1, 0.15) is 61.9 Å². The molecule has 6 aromatic rings. The van der Waals surface area contributed by atoms with Crippen molar-refractivity contribution in [2.45, 2.75) is 128 Å². The van der Waals surface area contributed by atoms with E-state index in [0.29, 0.717) is 50.7 Å². The molecule has 486 valence electrons. The van der Waals surface area contributed by atoms with Crippen molar-refractivity contribution in [1.82, 2.24) is 55.2 Å². The zero-order valence-corrected chi connectivity index (χ0v) is 50.5. The minimum atomic E-state index is -1.57. The van der Waals surface area contributed by atoms with Crippen molar-refractivity contribution in [1.29, 1.82) is 0 Å². The predicted octanol–water partition coefficient (Wildman–Crippen LogP) is 0.636. The second-order valence-corrected chi connectivity index (χ2v) is 20.8. The third-order valence-corrected chi connectivity index (χ3v) is 13.3. The number of carbonyl (C=O) groups is 7. The van der Waals surface area contributed by atoms with Gasteiger partial charge in [0.25, 0.3) is 0 Å². The molecule has 2 saturated heterocycles. The molecule has 4 unspecified atom stereocenters. The number of aromatic nitrogens is 6. The molecule has 0 bridgehead atoms. The van der Waals surface area contributed by atoms with Crippen LogP contribution in [-0.2, 0) is 101 Å². The molecule has 91 heavy (non-hydrogen) atoms. The number of amides is 2. The van der Waals surface area contributed by atoms with E-state index in [1.807, 2.05) is 89.8 Å². The van der Waals surface area contributed by atoms with Gasteiger partial charge in [-0.05, 0) is 72.8 Å². The molecule has 2 aliphatic heterocycles. The number of nitrogens with zero attached hydrogens (tertiary/aromatic N) is 9. The van der Waals surface area contributed by atoms with Crippen molar-refractivity contribution in [2.24, 2.45) is 0 Å². The summed E-state index contributed by atoms with van der Waals surface area (Å²) < 4.78 is 32.2. The monoisotopic (exact) mass is 1260 g/mol.